The van der Waals surface area contributed by atoms with Crippen LogP contribution in [-0.4, -0.2) is 16.9 Å². The second-order valence-electron chi connectivity index (χ2n) is 3.85. The normalized spacial score (nSPS) is 10.4. The van der Waals surface area contributed by atoms with Crippen LogP contribution < -0.4 is 9.47 Å². The van der Waals surface area contributed by atoms with E-state index in [0.717, 1.165) is 11.3 Å². The molecule has 18 heavy (non-hydrogen) atoms. The van der Waals surface area contributed by atoms with Crippen LogP contribution in [0.1, 0.15) is 11.3 Å². The Labute approximate surface area is 111 Å². The summed E-state index contributed by atoms with van der Waals surface area (Å²) in [6, 6.07) is 7.58. The van der Waals surface area contributed by atoms with E-state index in [4.69, 9.17) is 21.1 Å². The lowest BCUT2D eigenvalue weighted by Gasteiger charge is -2.12. The molecule has 0 saturated carbocycles. The highest BCUT2D eigenvalue weighted by atomic mass is 35.5. The maximum absolute atomic E-state index is 5.89. The van der Waals surface area contributed by atoms with Crippen LogP contribution in [0.3, 0.4) is 0 Å². The topological polar surface area (TPSA) is 36.3 Å². The van der Waals surface area contributed by atoms with Crippen LogP contribution in [-0.2, 0) is 19.5 Å². The van der Waals surface area contributed by atoms with Crippen molar-refractivity contribution in [3.05, 3.63) is 41.7 Å². The van der Waals surface area contributed by atoms with Gasteiger partial charge in [-0.25, -0.2) is 0 Å². The molecule has 0 radical (unpaired) electrons. The zero-order chi connectivity index (χ0) is 13.0. The van der Waals surface area contributed by atoms with Gasteiger partial charge in [-0.05, 0) is 12.1 Å². The fraction of sp³-hybridized carbons (Fsp3) is 0.308. The Kier molecular flexibility index (Phi) is 4.10. The highest BCUT2D eigenvalue weighted by molar-refractivity contribution is 6.17. The third-order valence-electron chi connectivity index (χ3n) is 2.56. The van der Waals surface area contributed by atoms with E-state index in [1.165, 1.54) is 0 Å². The Morgan fingerprint density at radius 1 is 1.33 bits per heavy atom. The van der Waals surface area contributed by atoms with Gasteiger partial charge in [0.1, 0.15) is 6.61 Å². The number of hydrogen-bond acceptors (Lipinski definition) is 3. The highest BCUT2D eigenvalue weighted by Gasteiger charge is 2.10. The van der Waals surface area contributed by atoms with Crippen molar-refractivity contribution in [3.8, 4) is 11.5 Å². The lowest BCUT2D eigenvalue weighted by molar-refractivity contribution is 0.277. The predicted octanol–water partition coefficient (Wildman–Crippen LogP) is 2.75. The summed E-state index contributed by atoms with van der Waals surface area (Å²) in [6.45, 7) is 0.394. The van der Waals surface area contributed by atoms with Crippen molar-refractivity contribution in [2.45, 2.75) is 12.5 Å². The summed E-state index contributed by atoms with van der Waals surface area (Å²) in [4.78, 5) is 0. The summed E-state index contributed by atoms with van der Waals surface area (Å²) >= 11 is 5.89. The number of aromatic nitrogens is 2. The molecule has 1 aromatic carbocycles. The Hall–Kier alpha value is -1.68. The number of benzene rings is 1. The van der Waals surface area contributed by atoms with Gasteiger partial charge in [-0.1, -0.05) is 12.1 Å². The standard InChI is InChI=1S/C13H15ClN2O2/c1-16-7-6-11(15-16)9-18-13-10(8-14)4-3-5-12(13)17-2/h3-7H,8-9H2,1-2H3. The monoisotopic (exact) mass is 266 g/mol. The first-order valence-corrected chi connectivity index (χ1v) is 6.11. The molecule has 0 N–H and O–H groups in total. The van der Waals surface area contributed by atoms with Gasteiger partial charge < -0.3 is 9.47 Å². The number of aryl methyl sites for hydroxylation is 1. The summed E-state index contributed by atoms with van der Waals surface area (Å²) < 4.78 is 12.8. The van der Waals surface area contributed by atoms with Crippen LogP contribution in [0.15, 0.2) is 30.5 Å². The van der Waals surface area contributed by atoms with E-state index in [2.05, 4.69) is 5.10 Å². The first-order chi connectivity index (χ1) is 8.74. The molecule has 0 unspecified atom stereocenters. The van der Waals surface area contributed by atoms with E-state index in [0.29, 0.717) is 24.0 Å². The second kappa shape index (κ2) is 5.78. The zero-order valence-electron chi connectivity index (χ0n) is 10.4. The summed E-state index contributed by atoms with van der Waals surface area (Å²) in [6.07, 6.45) is 1.88. The molecule has 1 aromatic heterocycles. The van der Waals surface area contributed by atoms with Crippen LogP contribution in [0.2, 0.25) is 0 Å². The highest BCUT2D eigenvalue weighted by Crippen LogP contribution is 2.32. The van der Waals surface area contributed by atoms with Crippen LogP contribution >= 0.6 is 11.6 Å². The van der Waals surface area contributed by atoms with E-state index in [-0.39, 0.29) is 0 Å². The van der Waals surface area contributed by atoms with Gasteiger partial charge >= 0.3 is 0 Å². The number of nitrogens with zero attached hydrogens (tertiary/aromatic N) is 2. The van der Waals surface area contributed by atoms with Crippen LogP contribution in [0.25, 0.3) is 0 Å². The zero-order valence-corrected chi connectivity index (χ0v) is 11.1. The van der Waals surface area contributed by atoms with Gasteiger partial charge in [-0.3, -0.25) is 4.68 Å². The summed E-state index contributed by atoms with van der Waals surface area (Å²) in [5, 5.41) is 4.25. The largest absolute Gasteiger partial charge is 0.493 e. The fourth-order valence-electron chi connectivity index (χ4n) is 1.68. The van der Waals surface area contributed by atoms with Crippen molar-refractivity contribution >= 4 is 11.6 Å². The average molecular weight is 267 g/mol. The lowest BCUT2D eigenvalue weighted by Crippen LogP contribution is -2.01. The molecule has 1 heterocycles. The van der Waals surface area contributed by atoms with Gasteiger partial charge in [0.15, 0.2) is 11.5 Å². The molecule has 96 valence electrons. The number of alkyl halides is 1. The fourth-order valence-corrected chi connectivity index (χ4v) is 1.89. The molecule has 0 aliphatic rings. The minimum atomic E-state index is 0.384. The molecule has 0 amide bonds. The SMILES string of the molecule is COc1cccc(CCl)c1OCc1ccn(C)n1. The molecule has 0 aliphatic carbocycles. The number of ether oxygens (including phenoxy) is 2. The molecule has 2 aromatic rings. The number of methoxy groups -OCH3 is 1. The first kappa shape index (κ1) is 12.8. The third kappa shape index (κ3) is 2.76. The maximum atomic E-state index is 5.89. The van der Waals surface area contributed by atoms with Crippen LogP contribution in [0, 0.1) is 0 Å². The molecule has 0 aliphatic heterocycles. The Bertz CT molecular complexity index is 503. The lowest BCUT2D eigenvalue weighted by atomic mass is 10.2. The molecule has 0 bridgehead atoms. The molecule has 0 spiro atoms. The number of rotatable bonds is 5. The molecule has 0 fully saturated rings. The molecular weight excluding hydrogens is 252 g/mol. The van der Waals surface area contributed by atoms with Crippen LogP contribution in [0.4, 0.5) is 0 Å². The Morgan fingerprint density at radius 3 is 2.78 bits per heavy atom. The van der Waals surface area contributed by atoms with Crippen molar-refractivity contribution in [1.82, 2.24) is 9.78 Å². The number of hydrogen-bond donors (Lipinski definition) is 0. The van der Waals surface area contributed by atoms with E-state index in [1.807, 2.05) is 37.5 Å². The van der Waals surface area contributed by atoms with E-state index in [9.17, 15) is 0 Å². The van der Waals surface area contributed by atoms with E-state index in [1.54, 1.807) is 11.8 Å². The average Bonchev–Trinajstić information content (AvgIpc) is 2.81. The van der Waals surface area contributed by atoms with Gasteiger partial charge in [0.2, 0.25) is 0 Å². The molecule has 4 nitrogen and oxygen atoms in total. The van der Waals surface area contributed by atoms with Gasteiger partial charge in [0.05, 0.1) is 18.7 Å². The van der Waals surface area contributed by atoms with Gasteiger partial charge in [-0.15, -0.1) is 11.6 Å². The summed E-state index contributed by atoms with van der Waals surface area (Å²) in [5.41, 5.74) is 1.77. The quantitative estimate of drug-likeness (QED) is 0.781. The van der Waals surface area contributed by atoms with Crippen LogP contribution in [0.5, 0.6) is 11.5 Å². The minimum absolute atomic E-state index is 0.384. The minimum Gasteiger partial charge on any atom is -0.493 e. The first-order valence-electron chi connectivity index (χ1n) is 5.57. The van der Waals surface area contributed by atoms with Gasteiger partial charge in [0, 0.05) is 18.8 Å². The van der Waals surface area contributed by atoms with Gasteiger partial charge in [-0.2, -0.15) is 5.10 Å². The summed E-state index contributed by atoms with van der Waals surface area (Å²) in [5.74, 6) is 1.75. The molecular formula is C13H15ClN2O2. The molecule has 2 rings (SSSR count). The second-order valence-corrected chi connectivity index (χ2v) is 4.12. The Morgan fingerprint density at radius 2 is 2.17 bits per heavy atom. The van der Waals surface area contributed by atoms with Gasteiger partial charge in [0.25, 0.3) is 0 Å². The van der Waals surface area contributed by atoms with Crippen molar-refractivity contribution in [2.75, 3.05) is 7.11 Å². The Balaban J connectivity index is 2.17. The molecule has 5 heteroatoms. The van der Waals surface area contributed by atoms with Crippen molar-refractivity contribution in [2.24, 2.45) is 7.05 Å². The van der Waals surface area contributed by atoms with E-state index < -0.39 is 0 Å². The van der Waals surface area contributed by atoms with Crippen molar-refractivity contribution < 1.29 is 9.47 Å². The molecule has 0 atom stereocenters. The summed E-state index contributed by atoms with van der Waals surface area (Å²) in [7, 11) is 3.48. The maximum Gasteiger partial charge on any atom is 0.166 e. The van der Waals surface area contributed by atoms with Crippen molar-refractivity contribution in [3.63, 3.8) is 0 Å². The number of halogens is 1. The smallest absolute Gasteiger partial charge is 0.166 e. The van der Waals surface area contributed by atoms with E-state index >= 15 is 0 Å². The molecule has 0 saturated heterocycles. The van der Waals surface area contributed by atoms with Crippen molar-refractivity contribution in [1.29, 1.82) is 0 Å². The number of para-hydroxylation sites is 1. The third-order valence-corrected chi connectivity index (χ3v) is 2.85. The predicted molar refractivity (Wildman–Crippen MR) is 70.1 cm³/mol.